The molecule has 1 fully saturated rings. The highest BCUT2D eigenvalue weighted by molar-refractivity contribution is 8.00. The van der Waals surface area contributed by atoms with Crippen molar-refractivity contribution in [1.29, 1.82) is 0 Å². The molecule has 2 aromatic heterocycles. The normalized spacial score (nSPS) is 14.3. The fourth-order valence-electron chi connectivity index (χ4n) is 4.54. The summed E-state index contributed by atoms with van der Waals surface area (Å²) in [4.78, 5) is 27.0. The largest absolute Gasteiger partial charge is 0.352 e. The summed E-state index contributed by atoms with van der Waals surface area (Å²) in [5, 5.41) is 12.7. The van der Waals surface area contributed by atoms with Crippen molar-refractivity contribution in [2.24, 2.45) is 0 Å². The van der Waals surface area contributed by atoms with Gasteiger partial charge < -0.3 is 5.32 Å². The van der Waals surface area contributed by atoms with Crippen LogP contribution in [0.1, 0.15) is 34.8 Å². The van der Waals surface area contributed by atoms with Crippen molar-refractivity contribution < 1.29 is 4.79 Å². The van der Waals surface area contributed by atoms with Gasteiger partial charge in [-0.1, -0.05) is 71.9 Å². The molecule has 1 atom stereocenters. The lowest BCUT2D eigenvalue weighted by Crippen LogP contribution is -2.30. The number of hydrogen-bond donors (Lipinski definition) is 1. The molecule has 8 heteroatoms. The van der Waals surface area contributed by atoms with Crippen LogP contribution in [0.2, 0.25) is 0 Å². The van der Waals surface area contributed by atoms with Gasteiger partial charge in [-0.25, -0.2) is 4.57 Å². The zero-order valence-corrected chi connectivity index (χ0v) is 20.8. The topological polar surface area (TPSA) is 81.3 Å². The Bertz CT molecular complexity index is 1670. The van der Waals surface area contributed by atoms with Crippen LogP contribution in [0, 0.1) is 13.8 Å². The van der Waals surface area contributed by atoms with Gasteiger partial charge in [-0.15, -0.1) is 10.2 Å². The number of rotatable bonds is 6. The first-order valence-electron chi connectivity index (χ1n) is 12.0. The van der Waals surface area contributed by atoms with E-state index < -0.39 is 5.25 Å². The van der Waals surface area contributed by atoms with Gasteiger partial charge in [-0.05, 0) is 56.0 Å². The summed E-state index contributed by atoms with van der Waals surface area (Å²) in [6.45, 7) is 4.01. The number of para-hydroxylation sites is 1. The zero-order valence-electron chi connectivity index (χ0n) is 20.0. The molecule has 6 rings (SSSR count). The quantitative estimate of drug-likeness (QED) is 0.344. The number of thioether (sulfide) groups is 1. The molecular weight excluding hydrogens is 470 g/mol. The third kappa shape index (κ3) is 3.97. The Hall–Kier alpha value is -3.91. The SMILES string of the molecule is Cc1ccc(-n2c(=O)c3ccccc3n3c(SC(C(=O)NC4CC4)c4ccccc4)nnc23)c(C)c1. The number of aromatic nitrogens is 4. The van der Waals surface area contributed by atoms with E-state index in [0.29, 0.717) is 21.8 Å². The Morgan fingerprint density at radius 3 is 2.50 bits per heavy atom. The average molecular weight is 496 g/mol. The fraction of sp³-hybridized carbons (Fsp3) is 0.214. The van der Waals surface area contributed by atoms with Crippen molar-refractivity contribution in [2.75, 3.05) is 0 Å². The van der Waals surface area contributed by atoms with Crippen molar-refractivity contribution in [1.82, 2.24) is 24.5 Å². The van der Waals surface area contributed by atoms with E-state index in [4.69, 9.17) is 0 Å². The maximum atomic E-state index is 13.7. The number of hydrogen-bond acceptors (Lipinski definition) is 5. The third-order valence-electron chi connectivity index (χ3n) is 6.48. The minimum absolute atomic E-state index is 0.0440. The number of nitrogens with zero attached hydrogens (tertiary/aromatic N) is 4. The van der Waals surface area contributed by atoms with Crippen molar-refractivity contribution in [3.05, 3.63) is 99.8 Å². The predicted molar refractivity (Wildman–Crippen MR) is 142 cm³/mol. The Labute approximate surface area is 212 Å². The van der Waals surface area contributed by atoms with Gasteiger partial charge in [0.05, 0.1) is 16.6 Å². The van der Waals surface area contributed by atoms with E-state index in [1.165, 1.54) is 11.8 Å². The third-order valence-corrected chi connectivity index (χ3v) is 7.67. The van der Waals surface area contributed by atoms with E-state index in [9.17, 15) is 9.59 Å². The minimum Gasteiger partial charge on any atom is -0.352 e. The smallest absolute Gasteiger partial charge is 0.267 e. The van der Waals surface area contributed by atoms with Crippen molar-refractivity contribution in [3.63, 3.8) is 0 Å². The summed E-state index contributed by atoms with van der Waals surface area (Å²) < 4.78 is 3.51. The second kappa shape index (κ2) is 8.95. The summed E-state index contributed by atoms with van der Waals surface area (Å²) in [7, 11) is 0. The standard InChI is InChI=1S/C28H25N5O2S/c1-17-12-15-22(18(2)16-17)32-26(35)21-10-6-7-11-23(21)33-27(32)30-31-28(33)36-24(19-8-4-3-5-9-19)25(34)29-20-13-14-20/h3-12,15-16,20,24H,13-14H2,1-2H3,(H,29,34). The van der Waals surface area contributed by atoms with Crippen LogP contribution in [-0.2, 0) is 4.79 Å². The van der Waals surface area contributed by atoms with Gasteiger partial charge in [-0.3, -0.25) is 14.0 Å². The lowest BCUT2D eigenvalue weighted by atomic mass is 10.1. The molecule has 5 aromatic rings. The van der Waals surface area contributed by atoms with E-state index in [-0.39, 0.29) is 17.5 Å². The van der Waals surface area contributed by atoms with E-state index >= 15 is 0 Å². The van der Waals surface area contributed by atoms with Gasteiger partial charge in [0.15, 0.2) is 5.16 Å². The summed E-state index contributed by atoms with van der Waals surface area (Å²) in [6, 6.07) is 23.4. The predicted octanol–water partition coefficient (Wildman–Crippen LogP) is 4.76. The van der Waals surface area contributed by atoms with Crippen molar-refractivity contribution in [3.8, 4) is 5.69 Å². The molecule has 0 aliphatic heterocycles. The van der Waals surface area contributed by atoms with E-state index in [1.807, 2.05) is 91.0 Å². The van der Waals surface area contributed by atoms with Crippen LogP contribution in [0.4, 0.5) is 0 Å². The van der Waals surface area contributed by atoms with Crippen LogP contribution in [0.25, 0.3) is 22.4 Å². The van der Waals surface area contributed by atoms with Crippen LogP contribution >= 0.6 is 11.8 Å². The Morgan fingerprint density at radius 1 is 1.00 bits per heavy atom. The molecular formula is C28H25N5O2S. The molecule has 1 N–H and O–H groups in total. The molecule has 36 heavy (non-hydrogen) atoms. The lowest BCUT2D eigenvalue weighted by molar-refractivity contribution is -0.120. The highest BCUT2D eigenvalue weighted by Gasteiger charge is 2.31. The Balaban J connectivity index is 1.56. The summed E-state index contributed by atoms with van der Waals surface area (Å²) >= 11 is 1.35. The molecule has 1 unspecified atom stereocenters. The monoisotopic (exact) mass is 495 g/mol. The van der Waals surface area contributed by atoms with Crippen LogP contribution in [0.5, 0.6) is 0 Å². The Morgan fingerprint density at radius 2 is 1.75 bits per heavy atom. The average Bonchev–Trinajstić information content (AvgIpc) is 3.60. The molecule has 0 radical (unpaired) electrons. The van der Waals surface area contributed by atoms with Crippen LogP contribution in [0.3, 0.4) is 0 Å². The highest BCUT2D eigenvalue weighted by Crippen LogP contribution is 2.36. The maximum Gasteiger partial charge on any atom is 0.267 e. The van der Waals surface area contributed by atoms with Crippen molar-refractivity contribution in [2.45, 2.75) is 43.1 Å². The number of amides is 1. The second-order valence-electron chi connectivity index (χ2n) is 9.26. The second-order valence-corrected chi connectivity index (χ2v) is 10.3. The summed E-state index contributed by atoms with van der Waals surface area (Å²) in [5.41, 5.74) is 4.30. The lowest BCUT2D eigenvalue weighted by Gasteiger charge is -2.17. The first-order chi connectivity index (χ1) is 17.5. The van der Waals surface area contributed by atoms with Gasteiger partial charge in [-0.2, -0.15) is 0 Å². The molecule has 7 nitrogen and oxygen atoms in total. The van der Waals surface area contributed by atoms with Crippen LogP contribution in [0.15, 0.2) is 82.7 Å². The number of aryl methyl sites for hydroxylation is 2. The fourth-order valence-corrected chi connectivity index (χ4v) is 5.59. The van der Waals surface area contributed by atoms with E-state index in [0.717, 1.165) is 35.2 Å². The number of fused-ring (bicyclic) bond motifs is 3. The van der Waals surface area contributed by atoms with Gasteiger partial charge in [0.2, 0.25) is 11.7 Å². The molecule has 1 aliphatic carbocycles. The van der Waals surface area contributed by atoms with Gasteiger partial charge >= 0.3 is 0 Å². The summed E-state index contributed by atoms with van der Waals surface area (Å²) in [6.07, 6.45) is 2.02. The molecule has 3 aromatic carbocycles. The molecule has 0 saturated heterocycles. The number of carbonyl (C=O) groups is 1. The highest BCUT2D eigenvalue weighted by atomic mass is 32.2. The molecule has 1 amide bonds. The number of carbonyl (C=O) groups excluding carboxylic acids is 1. The van der Waals surface area contributed by atoms with Gasteiger partial charge in [0, 0.05) is 6.04 Å². The molecule has 2 heterocycles. The molecule has 1 saturated carbocycles. The number of nitrogens with one attached hydrogen (secondary N) is 1. The molecule has 0 bridgehead atoms. The summed E-state index contributed by atoms with van der Waals surface area (Å²) in [5.74, 6) is 0.375. The number of benzene rings is 3. The molecule has 180 valence electrons. The molecule has 1 aliphatic rings. The van der Waals surface area contributed by atoms with E-state index in [2.05, 4.69) is 15.5 Å². The van der Waals surface area contributed by atoms with Gasteiger partial charge in [0.1, 0.15) is 5.25 Å². The maximum absolute atomic E-state index is 13.7. The Kier molecular flexibility index (Phi) is 5.60. The first-order valence-corrected chi connectivity index (χ1v) is 12.9. The first kappa shape index (κ1) is 22.5. The van der Waals surface area contributed by atoms with Crippen LogP contribution in [-0.4, -0.2) is 31.1 Å². The zero-order chi connectivity index (χ0) is 24.8. The molecule has 0 spiro atoms. The van der Waals surface area contributed by atoms with Crippen molar-refractivity contribution >= 4 is 34.3 Å². The van der Waals surface area contributed by atoms with Gasteiger partial charge in [0.25, 0.3) is 5.56 Å². The van der Waals surface area contributed by atoms with E-state index in [1.54, 1.807) is 4.57 Å². The minimum atomic E-state index is -0.501. The van der Waals surface area contributed by atoms with Crippen LogP contribution < -0.4 is 10.9 Å².